The number of nitrogens with one attached hydrogen (secondary N) is 2. The third-order valence-corrected chi connectivity index (χ3v) is 6.07. The van der Waals surface area contributed by atoms with Crippen LogP contribution in [0.1, 0.15) is 77.6 Å². The smallest absolute Gasteiger partial charge is 0.303 e. The van der Waals surface area contributed by atoms with Crippen molar-refractivity contribution in [1.82, 2.24) is 10.6 Å². The maximum atomic E-state index is 12.8. The lowest BCUT2D eigenvalue weighted by Gasteiger charge is -2.26. The first-order chi connectivity index (χ1) is 14.5. The molecule has 2 amide bonds. The number of hydrogen-bond donors (Lipinski definition) is 3. The van der Waals surface area contributed by atoms with E-state index in [4.69, 9.17) is 9.84 Å². The zero-order valence-corrected chi connectivity index (χ0v) is 18.2. The Hall–Kier alpha value is -1.89. The van der Waals surface area contributed by atoms with Crippen LogP contribution < -0.4 is 10.6 Å². The van der Waals surface area contributed by atoms with Crippen LogP contribution in [0, 0.1) is 11.8 Å². The van der Waals surface area contributed by atoms with Crippen molar-refractivity contribution in [1.29, 1.82) is 0 Å². The van der Waals surface area contributed by atoms with E-state index in [1.54, 1.807) is 0 Å². The van der Waals surface area contributed by atoms with E-state index < -0.39 is 5.97 Å². The highest BCUT2D eigenvalue weighted by atomic mass is 16.5. The second-order valence-electron chi connectivity index (χ2n) is 8.42. The van der Waals surface area contributed by atoms with Gasteiger partial charge in [-0.1, -0.05) is 38.3 Å². The van der Waals surface area contributed by atoms with Gasteiger partial charge in [-0.05, 0) is 38.5 Å². The van der Waals surface area contributed by atoms with Crippen molar-refractivity contribution < 1.29 is 24.2 Å². The van der Waals surface area contributed by atoms with E-state index in [9.17, 15) is 14.4 Å². The third-order valence-electron chi connectivity index (χ3n) is 6.07. The molecule has 0 spiro atoms. The first kappa shape index (κ1) is 24.4. The third kappa shape index (κ3) is 8.09. The molecule has 2 aliphatic rings. The molecule has 0 aliphatic carbocycles. The van der Waals surface area contributed by atoms with E-state index in [0.717, 1.165) is 38.5 Å². The molecule has 2 rings (SSSR count). The Balaban J connectivity index is 1.68. The van der Waals surface area contributed by atoms with Gasteiger partial charge in [-0.15, -0.1) is 0 Å². The highest BCUT2D eigenvalue weighted by molar-refractivity contribution is 5.81. The molecular formula is C23H38N2O5. The second kappa shape index (κ2) is 13.4. The summed E-state index contributed by atoms with van der Waals surface area (Å²) in [6.07, 6.45) is 13.2. The topological polar surface area (TPSA) is 105 Å². The minimum atomic E-state index is -0.771. The van der Waals surface area contributed by atoms with E-state index in [0.29, 0.717) is 25.9 Å². The van der Waals surface area contributed by atoms with Gasteiger partial charge in [0.15, 0.2) is 0 Å². The predicted octanol–water partition coefficient (Wildman–Crippen LogP) is 3.18. The number of allylic oxidation sites excluding steroid dienone is 2. The van der Waals surface area contributed by atoms with Crippen molar-refractivity contribution in [3.63, 3.8) is 0 Å². The summed E-state index contributed by atoms with van der Waals surface area (Å²) in [6, 6.07) is 0. The van der Waals surface area contributed by atoms with Crippen LogP contribution in [0.3, 0.4) is 0 Å². The van der Waals surface area contributed by atoms with Gasteiger partial charge in [-0.2, -0.15) is 0 Å². The molecule has 2 heterocycles. The van der Waals surface area contributed by atoms with Gasteiger partial charge in [0.05, 0.1) is 18.1 Å². The molecule has 4 atom stereocenters. The van der Waals surface area contributed by atoms with Gasteiger partial charge >= 0.3 is 5.97 Å². The maximum Gasteiger partial charge on any atom is 0.303 e. The molecule has 2 aliphatic heterocycles. The number of rotatable bonds is 15. The quantitative estimate of drug-likeness (QED) is 0.278. The van der Waals surface area contributed by atoms with Crippen molar-refractivity contribution in [2.45, 2.75) is 89.8 Å². The molecule has 3 N–H and O–H groups in total. The average Bonchev–Trinajstić information content (AvgIpc) is 3.31. The Morgan fingerprint density at radius 3 is 2.53 bits per heavy atom. The molecule has 0 aromatic carbocycles. The van der Waals surface area contributed by atoms with Crippen molar-refractivity contribution >= 4 is 17.8 Å². The van der Waals surface area contributed by atoms with Crippen LogP contribution in [0.15, 0.2) is 12.2 Å². The summed E-state index contributed by atoms with van der Waals surface area (Å²) in [7, 11) is 0. The summed E-state index contributed by atoms with van der Waals surface area (Å²) < 4.78 is 5.99. The molecule has 0 radical (unpaired) electrons. The molecular weight excluding hydrogens is 384 g/mol. The summed E-state index contributed by atoms with van der Waals surface area (Å²) in [4.78, 5) is 35.2. The van der Waals surface area contributed by atoms with Crippen molar-refractivity contribution in [3.8, 4) is 0 Å². The Morgan fingerprint density at radius 1 is 0.967 bits per heavy atom. The first-order valence-corrected chi connectivity index (χ1v) is 11.6. The predicted molar refractivity (Wildman–Crippen MR) is 115 cm³/mol. The van der Waals surface area contributed by atoms with E-state index in [1.165, 1.54) is 12.8 Å². The fourth-order valence-electron chi connectivity index (χ4n) is 4.46. The lowest BCUT2D eigenvalue weighted by Crippen LogP contribution is -2.42. The number of hydrogen-bond acceptors (Lipinski definition) is 4. The molecule has 0 aromatic rings. The van der Waals surface area contributed by atoms with Gasteiger partial charge in [0.2, 0.25) is 11.8 Å². The van der Waals surface area contributed by atoms with Crippen molar-refractivity contribution in [3.05, 3.63) is 12.2 Å². The monoisotopic (exact) mass is 422 g/mol. The molecule has 0 aromatic heterocycles. The van der Waals surface area contributed by atoms with Gasteiger partial charge in [-0.3, -0.25) is 14.4 Å². The van der Waals surface area contributed by atoms with Crippen LogP contribution >= 0.6 is 0 Å². The largest absolute Gasteiger partial charge is 0.481 e. The molecule has 170 valence electrons. The van der Waals surface area contributed by atoms with E-state index in [2.05, 4.69) is 23.6 Å². The highest BCUT2D eigenvalue weighted by Gasteiger charge is 2.51. The van der Waals surface area contributed by atoms with Gasteiger partial charge in [0, 0.05) is 31.8 Å². The van der Waals surface area contributed by atoms with Crippen LogP contribution in [0.2, 0.25) is 0 Å². The van der Waals surface area contributed by atoms with Crippen LogP contribution in [-0.4, -0.2) is 48.2 Å². The minimum Gasteiger partial charge on any atom is -0.481 e. The number of aliphatic carboxylic acids is 1. The van der Waals surface area contributed by atoms with Crippen LogP contribution in [-0.2, 0) is 19.1 Å². The van der Waals surface area contributed by atoms with Crippen molar-refractivity contribution in [2.24, 2.45) is 11.8 Å². The average molecular weight is 423 g/mol. The van der Waals surface area contributed by atoms with Crippen LogP contribution in [0.5, 0.6) is 0 Å². The van der Waals surface area contributed by atoms with E-state index in [-0.39, 0.29) is 42.3 Å². The van der Waals surface area contributed by atoms with Gasteiger partial charge < -0.3 is 20.5 Å². The van der Waals surface area contributed by atoms with Crippen LogP contribution in [0.4, 0.5) is 0 Å². The Labute approximate surface area is 180 Å². The maximum absolute atomic E-state index is 12.8. The Bertz CT molecular complexity index is 592. The molecule has 7 heteroatoms. The summed E-state index contributed by atoms with van der Waals surface area (Å²) >= 11 is 0. The van der Waals surface area contributed by atoms with Gasteiger partial charge in [0.1, 0.15) is 0 Å². The summed E-state index contributed by atoms with van der Waals surface area (Å²) in [5.74, 6) is -0.803. The molecule has 30 heavy (non-hydrogen) atoms. The highest BCUT2D eigenvalue weighted by Crippen LogP contribution is 2.45. The fourth-order valence-corrected chi connectivity index (χ4v) is 4.46. The number of ether oxygens (including phenoxy) is 1. The summed E-state index contributed by atoms with van der Waals surface area (Å²) in [5, 5.41) is 14.5. The number of unbranched alkanes of at least 4 members (excludes halogenated alkanes) is 4. The van der Waals surface area contributed by atoms with Crippen molar-refractivity contribution in [2.75, 3.05) is 13.1 Å². The number of carboxylic acids is 1. The van der Waals surface area contributed by atoms with Crippen LogP contribution in [0.25, 0.3) is 0 Å². The lowest BCUT2D eigenvalue weighted by molar-refractivity contribution is -0.137. The Kier molecular flexibility index (Phi) is 10.9. The number of carbonyl (C=O) groups is 3. The number of fused-ring (bicyclic) bond motifs is 2. The first-order valence-electron chi connectivity index (χ1n) is 11.6. The standard InChI is InChI=1S/C23H38N2O5/c1-2-3-4-9-15-24-20(26)14-16-25-23(29)22-17(18-12-13-19(22)30-18)10-7-5-6-8-11-21(27)28/h5,7,17-19,22H,2-4,6,8-16H2,1H3,(H,24,26)(H,25,29)(H,27,28)/t17-,18+,19-,22-/m0/s1. The molecule has 2 fully saturated rings. The number of carboxylic acid groups (broad SMARTS) is 1. The SMILES string of the molecule is CCCCCCNC(=O)CCNC(=O)[C@H]1[C@@H](CC=CCCCC(=O)O)[C@H]2CC[C@@H]1O2. The molecule has 2 saturated heterocycles. The second-order valence-corrected chi connectivity index (χ2v) is 8.42. The van der Waals surface area contributed by atoms with Gasteiger partial charge in [-0.25, -0.2) is 0 Å². The van der Waals surface area contributed by atoms with E-state index >= 15 is 0 Å². The van der Waals surface area contributed by atoms with E-state index in [1.807, 2.05) is 6.08 Å². The zero-order chi connectivity index (χ0) is 21.8. The molecule has 7 nitrogen and oxygen atoms in total. The molecule has 0 saturated carbocycles. The normalized spacial score (nSPS) is 25.0. The van der Waals surface area contributed by atoms with Gasteiger partial charge in [0.25, 0.3) is 0 Å². The fraction of sp³-hybridized carbons (Fsp3) is 0.783. The summed E-state index contributed by atoms with van der Waals surface area (Å²) in [6.45, 7) is 3.21. The number of amides is 2. The Morgan fingerprint density at radius 2 is 1.77 bits per heavy atom. The lowest BCUT2D eigenvalue weighted by atomic mass is 9.77. The minimum absolute atomic E-state index is 0.0118. The summed E-state index contributed by atoms with van der Waals surface area (Å²) in [5.41, 5.74) is 0. The zero-order valence-electron chi connectivity index (χ0n) is 18.2. The molecule has 2 bridgehead atoms. The number of carbonyl (C=O) groups excluding carboxylic acids is 2. The molecule has 0 unspecified atom stereocenters.